The minimum atomic E-state index is -0.714. The van der Waals surface area contributed by atoms with Gasteiger partial charge in [0.15, 0.2) is 0 Å². The Morgan fingerprint density at radius 1 is 1.30 bits per heavy atom. The van der Waals surface area contributed by atoms with E-state index in [0.29, 0.717) is 10.2 Å². The lowest BCUT2D eigenvalue weighted by atomic mass is 10.1. The molecule has 0 bridgehead atoms. The van der Waals surface area contributed by atoms with Crippen molar-refractivity contribution >= 4 is 45.2 Å². The van der Waals surface area contributed by atoms with E-state index in [4.69, 9.17) is 21.1 Å². The largest absolute Gasteiger partial charge is 0.505 e. The van der Waals surface area contributed by atoms with Gasteiger partial charge in [0, 0.05) is 5.69 Å². The van der Waals surface area contributed by atoms with E-state index in [9.17, 15) is 14.7 Å². The quantitative estimate of drug-likeness (QED) is 0.770. The van der Waals surface area contributed by atoms with Crippen molar-refractivity contribution in [1.82, 2.24) is 0 Å². The van der Waals surface area contributed by atoms with Crippen LogP contribution in [0.4, 0.5) is 5.69 Å². The van der Waals surface area contributed by atoms with Crippen LogP contribution in [-0.2, 0) is 23.8 Å². The third kappa shape index (κ3) is 3.44. The fraction of sp³-hybridized carbons (Fsp3) is 0.286. The summed E-state index contributed by atoms with van der Waals surface area (Å²) in [5, 5.41) is 9.80. The SMILES string of the molecule is COC(=O)C1=C(C(=O)OC)N(c2cc(Cl)c(O)c(Br)c2)COC1. The van der Waals surface area contributed by atoms with E-state index >= 15 is 0 Å². The molecule has 1 heterocycles. The molecule has 1 aromatic carbocycles. The molecule has 0 fully saturated rings. The molecule has 124 valence electrons. The van der Waals surface area contributed by atoms with Crippen LogP contribution in [0.5, 0.6) is 5.75 Å². The molecule has 0 aromatic heterocycles. The fourth-order valence-corrected chi connectivity index (χ4v) is 2.83. The minimum Gasteiger partial charge on any atom is -0.505 e. The lowest BCUT2D eigenvalue weighted by Gasteiger charge is -2.31. The predicted molar refractivity (Wildman–Crippen MR) is 85.2 cm³/mol. The van der Waals surface area contributed by atoms with Crippen molar-refractivity contribution in [2.75, 3.05) is 32.5 Å². The van der Waals surface area contributed by atoms with Crippen molar-refractivity contribution in [3.05, 3.63) is 32.9 Å². The summed E-state index contributed by atoms with van der Waals surface area (Å²) in [6.07, 6.45) is 0. The molecule has 9 heteroatoms. The van der Waals surface area contributed by atoms with E-state index in [2.05, 4.69) is 20.7 Å². The van der Waals surface area contributed by atoms with Gasteiger partial charge in [-0.05, 0) is 28.1 Å². The van der Waals surface area contributed by atoms with Gasteiger partial charge in [0.25, 0.3) is 0 Å². The van der Waals surface area contributed by atoms with Crippen molar-refractivity contribution in [2.45, 2.75) is 0 Å². The highest BCUT2D eigenvalue weighted by atomic mass is 79.9. The van der Waals surface area contributed by atoms with Crippen LogP contribution in [0.15, 0.2) is 27.9 Å². The summed E-state index contributed by atoms with van der Waals surface area (Å²) in [4.78, 5) is 25.4. The number of esters is 2. The number of carbonyl (C=O) groups excluding carboxylic acids is 2. The highest BCUT2D eigenvalue weighted by Gasteiger charge is 2.32. The van der Waals surface area contributed by atoms with Crippen LogP contribution in [0.1, 0.15) is 0 Å². The van der Waals surface area contributed by atoms with Gasteiger partial charge < -0.3 is 24.2 Å². The van der Waals surface area contributed by atoms with Gasteiger partial charge in [-0.25, -0.2) is 9.59 Å². The average Bonchev–Trinajstić information content (AvgIpc) is 2.57. The third-order valence-electron chi connectivity index (χ3n) is 3.15. The monoisotopic (exact) mass is 405 g/mol. The smallest absolute Gasteiger partial charge is 0.355 e. The molecule has 1 aliphatic rings. The zero-order chi connectivity index (χ0) is 17.1. The lowest BCUT2D eigenvalue weighted by molar-refractivity contribution is -0.140. The first-order chi connectivity index (χ1) is 10.9. The summed E-state index contributed by atoms with van der Waals surface area (Å²) in [6, 6.07) is 2.97. The number of halogens is 2. The Hall–Kier alpha value is -1.77. The molecular weight excluding hydrogens is 394 g/mol. The van der Waals surface area contributed by atoms with Crippen molar-refractivity contribution in [2.24, 2.45) is 0 Å². The second-order valence-corrected chi connectivity index (χ2v) is 5.74. The number of benzene rings is 1. The number of rotatable bonds is 3. The van der Waals surface area contributed by atoms with E-state index in [0.717, 1.165) is 0 Å². The molecule has 0 spiro atoms. The first-order valence-electron chi connectivity index (χ1n) is 6.33. The molecule has 23 heavy (non-hydrogen) atoms. The van der Waals surface area contributed by atoms with Crippen molar-refractivity contribution in [3.8, 4) is 5.75 Å². The summed E-state index contributed by atoms with van der Waals surface area (Å²) in [5.74, 6) is -1.54. The molecule has 1 aromatic rings. The van der Waals surface area contributed by atoms with Crippen molar-refractivity contribution in [1.29, 1.82) is 0 Å². The summed E-state index contributed by atoms with van der Waals surface area (Å²) in [5.41, 5.74) is 0.464. The standard InChI is InChI=1S/C14H13BrClNO6/c1-21-13(19)8-5-23-6-17(11(8)14(20)22-2)7-3-9(15)12(18)10(16)4-7/h3-4,18H,5-6H2,1-2H3. The normalized spacial score (nSPS) is 14.7. The van der Waals surface area contributed by atoms with Crippen molar-refractivity contribution < 1.29 is 28.9 Å². The number of nitrogens with zero attached hydrogens (tertiary/aromatic N) is 1. The minimum absolute atomic E-state index is 0.000688. The van der Waals surface area contributed by atoms with Crippen molar-refractivity contribution in [3.63, 3.8) is 0 Å². The summed E-state index contributed by atoms with van der Waals surface area (Å²) in [7, 11) is 2.41. The maximum Gasteiger partial charge on any atom is 0.355 e. The Morgan fingerprint density at radius 2 is 1.96 bits per heavy atom. The Labute approximate surface area is 145 Å². The molecule has 0 atom stereocenters. The number of anilines is 1. The van der Waals surface area contributed by atoms with Crippen LogP contribution >= 0.6 is 27.5 Å². The van der Waals surface area contributed by atoms with Gasteiger partial charge in [0.05, 0.1) is 35.9 Å². The number of carbonyl (C=O) groups is 2. The number of hydrogen-bond donors (Lipinski definition) is 1. The zero-order valence-corrected chi connectivity index (χ0v) is 14.6. The molecule has 1 aliphatic heterocycles. The Kier molecular flexibility index (Phi) is 5.51. The number of phenolic OH excluding ortho intramolecular Hbond substituents is 1. The number of hydrogen-bond acceptors (Lipinski definition) is 7. The maximum absolute atomic E-state index is 12.1. The Bertz CT molecular complexity index is 667. The molecule has 7 nitrogen and oxygen atoms in total. The first kappa shape index (κ1) is 17.6. The molecule has 1 N–H and O–H groups in total. The zero-order valence-electron chi connectivity index (χ0n) is 12.3. The van der Waals surface area contributed by atoms with E-state index in [-0.39, 0.29) is 35.4 Å². The van der Waals surface area contributed by atoms with E-state index in [1.807, 2.05) is 0 Å². The molecule has 0 radical (unpaired) electrons. The van der Waals surface area contributed by atoms with Gasteiger partial charge in [0.2, 0.25) is 0 Å². The van der Waals surface area contributed by atoms with Gasteiger partial charge in [-0.3, -0.25) is 0 Å². The van der Waals surface area contributed by atoms with Crippen LogP contribution in [0.25, 0.3) is 0 Å². The molecule has 0 amide bonds. The molecule has 2 rings (SSSR count). The van der Waals surface area contributed by atoms with Crippen LogP contribution in [-0.4, -0.2) is 44.6 Å². The third-order valence-corrected chi connectivity index (χ3v) is 4.04. The van der Waals surface area contributed by atoms with Crippen LogP contribution < -0.4 is 4.90 Å². The maximum atomic E-state index is 12.1. The summed E-state index contributed by atoms with van der Waals surface area (Å²) in [6.45, 7) is -0.0843. The second kappa shape index (κ2) is 7.20. The van der Waals surface area contributed by atoms with E-state index < -0.39 is 11.9 Å². The van der Waals surface area contributed by atoms with E-state index in [1.54, 1.807) is 0 Å². The Morgan fingerprint density at radius 3 is 2.52 bits per heavy atom. The second-order valence-electron chi connectivity index (χ2n) is 4.47. The highest BCUT2D eigenvalue weighted by Crippen LogP contribution is 2.38. The number of aromatic hydroxyl groups is 1. The Balaban J connectivity index is 2.59. The van der Waals surface area contributed by atoms with Gasteiger partial charge in [-0.2, -0.15) is 0 Å². The van der Waals surface area contributed by atoms with Crippen LogP contribution in [0, 0.1) is 0 Å². The van der Waals surface area contributed by atoms with Gasteiger partial charge in [-0.15, -0.1) is 0 Å². The predicted octanol–water partition coefficient (Wildman–Crippen LogP) is 2.20. The molecular formula is C14H13BrClNO6. The van der Waals surface area contributed by atoms with Crippen LogP contribution in [0.2, 0.25) is 5.02 Å². The van der Waals surface area contributed by atoms with E-state index in [1.165, 1.54) is 31.3 Å². The average molecular weight is 407 g/mol. The van der Waals surface area contributed by atoms with Crippen LogP contribution in [0.3, 0.4) is 0 Å². The highest BCUT2D eigenvalue weighted by molar-refractivity contribution is 9.10. The molecule has 0 saturated carbocycles. The number of ether oxygens (including phenoxy) is 3. The molecule has 0 aliphatic carbocycles. The molecule has 0 saturated heterocycles. The first-order valence-corrected chi connectivity index (χ1v) is 7.50. The van der Waals surface area contributed by atoms with Gasteiger partial charge in [-0.1, -0.05) is 11.6 Å². The fourth-order valence-electron chi connectivity index (χ4n) is 2.06. The lowest BCUT2D eigenvalue weighted by Crippen LogP contribution is -2.38. The van der Waals surface area contributed by atoms with Gasteiger partial charge >= 0.3 is 11.9 Å². The summed E-state index contributed by atoms with van der Waals surface area (Å²) >= 11 is 9.12. The topological polar surface area (TPSA) is 85.3 Å². The number of methoxy groups -OCH3 is 2. The van der Waals surface area contributed by atoms with Gasteiger partial charge in [0.1, 0.15) is 18.2 Å². The number of phenols is 1. The molecule has 0 unspecified atom stereocenters. The summed E-state index contributed by atoms with van der Waals surface area (Å²) < 4.78 is 15.1.